The molecule has 5 aromatic rings. The fourth-order valence-electron chi connectivity index (χ4n) is 5.75. The molecule has 216 valence electrons. The van der Waals surface area contributed by atoms with E-state index in [2.05, 4.69) is 122 Å². The number of nitrogens with zero attached hydrogens (tertiary/aromatic N) is 1. The largest absolute Gasteiger partial charge is 0.488 e. The van der Waals surface area contributed by atoms with Crippen LogP contribution in [-0.2, 0) is 24.4 Å². The van der Waals surface area contributed by atoms with Crippen molar-refractivity contribution in [2.45, 2.75) is 60.6 Å². The lowest BCUT2D eigenvalue weighted by Crippen LogP contribution is -2.30. The maximum Gasteiger partial charge on any atom is 0.223 e. The van der Waals surface area contributed by atoms with Crippen LogP contribution in [0, 0.1) is 27.7 Å². The second-order valence-corrected chi connectivity index (χ2v) is 12.1. The molecule has 0 aliphatic carbocycles. The van der Waals surface area contributed by atoms with E-state index in [-0.39, 0.29) is 5.91 Å². The number of benzene rings is 4. The standard InChI is InChI=1S/C37H39BrN2O2/c1-6-40(22-28-20-26(4)37(27(5)21-28)42-23-30-10-8-7-9-25(30)3)35(41)18-16-32-33-19-24(2)11-17-34(33)39-36(32)29-12-14-31(38)15-13-29/h7-15,17,19-21,39H,6,16,18,22-23H2,1-5H3. The first-order chi connectivity index (χ1) is 20.2. The molecule has 4 aromatic carbocycles. The fraction of sp³-hybridized carbons (Fsp3) is 0.270. The van der Waals surface area contributed by atoms with Gasteiger partial charge in [-0.3, -0.25) is 4.79 Å². The first-order valence-corrected chi connectivity index (χ1v) is 15.4. The Morgan fingerprint density at radius 3 is 2.29 bits per heavy atom. The number of halogens is 1. The van der Waals surface area contributed by atoms with Crippen LogP contribution in [0.5, 0.6) is 5.75 Å². The molecule has 0 unspecified atom stereocenters. The first-order valence-electron chi connectivity index (χ1n) is 14.7. The number of H-pyrrole nitrogens is 1. The quantitative estimate of drug-likeness (QED) is 0.169. The van der Waals surface area contributed by atoms with Crippen LogP contribution in [0.15, 0.2) is 83.3 Å². The molecule has 1 heterocycles. The van der Waals surface area contributed by atoms with E-state index in [4.69, 9.17) is 4.74 Å². The number of aromatic amines is 1. The number of carbonyl (C=O) groups excluding carboxylic acids is 1. The molecule has 5 heteroatoms. The van der Waals surface area contributed by atoms with E-state index < -0.39 is 0 Å². The van der Waals surface area contributed by atoms with Gasteiger partial charge < -0.3 is 14.6 Å². The van der Waals surface area contributed by atoms with Gasteiger partial charge in [-0.15, -0.1) is 0 Å². The van der Waals surface area contributed by atoms with Crippen LogP contribution in [0.4, 0.5) is 0 Å². The second-order valence-electron chi connectivity index (χ2n) is 11.2. The fourth-order valence-corrected chi connectivity index (χ4v) is 6.02. The Bertz CT molecular complexity index is 1700. The third-order valence-corrected chi connectivity index (χ3v) is 8.57. The minimum atomic E-state index is 0.163. The third-order valence-electron chi connectivity index (χ3n) is 8.04. The zero-order chi connectivity index (χ0) is 29.8. The summed E-state index contributed by atoms with van der Waals surface area (Å²) in [6.07, 6.45) is 1.13. The van der Waals surface area contributed by atoms with Gasteiger partial charge >= 0.3 is 0 Å². The highest BCUT2D eigenvalue weighted by Gasteiger charge is 2.18. The van der Waals surface area contributed by atoms with E-state index in [1.54, 1.807) is 0 Å². The highest BCUT2D eigenvalue weighted by molar-refractivity contribution is 9.10. The molecule has 0 saturated heterocycles. The number of aryl methyl sites for hydroxylation is 5. The zero-order valence-electron chi connectivity index (χ0n) is 25.2. The van der Waals surface area contributed by atoms with Crippen molar-refractivity contribution in [1.82, 2.24) is 9.88 Å². The summed E-state index contributed by atoms with van der Waals surface area (Å²) in [6, 6.07) is 27.5. The molecule has 42 heavy (non-hydrogen) atoms. The number of hydrogen-bond donors (Lipinski definition) is 1. The van der Waals surface area contributed by atoms with E-state index in [9.17, 15) is 4.79 Å². The normalized spacial score (nSPS) is 11.2. The Morgan fingerprint density at radius 2 is 1.60 bits per heavy atom. The van der Waals surface area contributed by atoms with Crippen molar-refractivity contribution in [1.29, 1.82) is 0 Å². The lowest BCUT2D eigenvalue weighted by molar-refractivity contribution is -0.131. The van der Waals surface area contributed by atoms with Crippen molar-refractivity contribution >= 4 is 32.7 Å². The summed E-state index contributed by atoms with van der Waals surface area (Å²) < 4.78 is 7.31. The molecule has 5 rings (SSSR count). The molecule has 0 aliphatic heterocycles. The molecule has 0 radical (unpaired) electrons. The van der Waals surface area contributed by atoms with Crippen LogP contribution in [0.25, 0.3) is 22.2 Å². The molecular weight excluding hydrogens is 584 g/mol. The summed E-state index contributed by atoms with van der Waals surface area (Å²) >= 11 is 3.55. The number of aromatic nitrogens is 1. The Balaban J connectivity index is 1.31. The third kappa shape index (κ3) is 6.63. The maximum atomic E-state index is 13.6. The van der Waals surface area contributed by atoms with Crippen LogP contribution in [0.3, 0.4) is 0 Å². The number of rotatable bonds is 10. The number of nitrogens with one attached hydrogen (secondary N) is 1. The molecule has 0 aliphatic rings. The van der Waals surface area contributed by atoms with Crippen molar-refractivity contribution in [2.24, 2.45) is 0 Å². The van der Waals surface area contributed by atoms with Gasteiger partial charge in [-0.2, -0.15) is 0 Å². The monoisotopic (exact) mass is 622 g/mol. The smallest absolute Gasteiger partial charge is 0.223 e. The van der Waals surface area contributed by atoms with Crippen LogP contribution in [-0.4, -0.2) is 22.3 Å². The Hall–Kier alpha value is -3.83. The van der Waals surface area contributed by atoms with Crippen molar-refractivity contribution in [3.63, 3.8) is 0 Å². The number of fused-ring (bicyclic) bond motifs is 1. The van der Waals surface area contributed by atoms with E-state index in [1.807, 2.05) is 17.0 Å². The minimum Gasteiger partial charge on any atom is -0.488 e. The van der Waals surface area contributed by atoms with E-state index in [0.29, 0.717) is 32.5 Å². The van der Waals surface area contributed by atoms with Crippen LogP contribution < -0.4 is 4.74 Å². The van der Waals surface area contributed by atoms with Gasteiger partial charge in [0.05, 0.1) is 0 Å². The van der Waals surface area contributed by atoms with Crippen LogP contribution in [0.2, 0.25) is 0 Å². The van der Waals surface area contributed by atoms with Crippen molar-refractivity contribution in [3.8, 4) is 17.0 Å². The molecule has 0 saturated carbocycles. The topological polar surface area (TPSA) is 45.3 Å². The predicted octanol–water partition coefficient (Wildman–Crippen LogP) is 9.39. The van der Waals surface area contributed by atoms with Gasteiger partial charge in [0.1, 0.15) is 12.4 Å². The predicted molar refractivity (Wildman–Crippen MR) is 177 cm³/mol. The average molecular weight is 624 g/mol. The average Bonchev–Trinajstić information content (AvgIpc) is 3.32. The highest BCUT2D eigenvalue weighted by atomic mass is 79.9. The molecule has 0 fully saturated rings. The molecular formula is C37H39BrN2O2. The highest BCUT2D eigenvalue weighted by Crippen LogP contribution is 2.33. The second kappa shape index (κ2) is 13.0. The van der Waals surface area contributed by atoms with Gasteiger partial charge in [0.25, 0.3) is 0 Å². The van der Waals surface area contributed by atoms with Crippen LogP contribution >= 0.6 is 15.9 Å². The summed E-state index contributed by atoms with van der Waals surface area (Å²) in [5.41, 5.74) is 11.5. The molecule has 0 atom stereocenters. The Labute approximate surface area is 257 Å². The van der Waals surface area contributed by atoms with Gasteiger partial charge in [-0.05, 0) is 104 Å². The molecule has 4 nitrogen and oxygen atoms in total. The lowest BCUT2D eigenvalue weighted by Gasteiger charge is -2.23. The first kappa shape index (κ1) is 29.7. The van der Waals surface area contributed by atoms with Gasteiger partial charge in [-0.25, -0.2) is 0 Å². The lowest BCUT2D eigenvalue weighted by atomic mass is 9.99. The van der Waals surface area contributed by atoms with Crippen molar-refractivity contribution in [2.75, 3.05) is 6.54 Å². The Morgan fingerprint density at radius 1 is 0.881 bits per heavy atom. The van der Waals surface area contributed by atoms with Gasteiger partial charge in [0.15, 0.2) is 0 Å². The Kier molecular flexibility index (Phi) is 9.18. The summed E-state index contributed by atoms with van der Waals surface area (Å²) in [5, 5.41) is 1.19. The molecule has 1 aromatic heterocycles. The molecule has 1 N–H and O–H groups in total. The SMILES string of the molecule is CCN(Cc1cc(C)c(OCc2ccccc2C)c(C)c1)C(=O)CCc1c(-c2ccc(Br)cc2)[nH]c2ccc(C)cc12. The summed E-state index contributed by atoms with van der Waals surface area (Å²) in [6.45, 7) is 12.2. The summed E-state index contributed by atoms with van der Waals surface area (Å²) in [4.78, 5) is 19.2. The maximum absolute atomic E-state index is 13.6. The number of hydrogen-bond acceptors (Lipinski definition) is 2. The minimum absolute atomic E-state index is 0.163. The molecule has 0 bridgehead atoms. The van der Waals surface area contributed by atoms with E-state index >= 15 is 0 Å². The van der Waals surface area contributed by atoms with Gasteiger partial charge in [0, 0.05) is 40.6 Å². The summed E-state index contributed by atoms with van der Waals surface area (Å²) in [7, 11) is 0. The number of amides is 1. The number of ether oxygens (including phenoxy) is 1. The zero-order valence-corrected chi connectivity index (χ0v) is 26.8. The van der Waals surface area contributed by atoms with Crippen molar-refractivity contribution in [3.05, 3.63) is 122 Å². The van der Waals surface area contributed by atoms with Gasteiger partial charge in [-0.1, -0.05) is 76.1 Å². The van der Waals surface area contributed by atoms with Gasteiger partial charge in [0.2, 0.25) is 5.91 Å². The summed E-state index contributed by atoms with van der Waals surface area (Å²) in [5.74, 6) is 1.09. The van der Waals surface area contributed by atoms with Crippen LogP contribution in [0.1, 0.15) is 52.3 Å². The number of carbonyl (C=O) groups is 1. The molecule has 0 spiro atoms. The van der Waals surface area contributed by atoms with E-state index in [1.165, 1.54) is 27.6 Å². The van der Waals surface area contributed by atoms with E-state index in [0.717, 1.165) is 43.7 Å². The van der Waals surface area contributed by atoms with Crippen molar-refractivity contribution < 1.29 is 9.53 Å². The molecule has 1 amide bonds.